The molecular formula is C17H11NO3S. The number of hydrogen-bond donors (Lipinski definition) is 0. The fraction of sp³-hybridized carbons (Fsp3) is 0.0588. The summed E-state index contributed by atoms with van der Waals surface area (Å²) in [4.78, 5) is 13.1. The molecule has 5 heteroatoms. The number of nitriles is 1. The van der Waals surface area contributed by atoms with Gasteiger partial charge < -0.3 is 4.74 Å². The summed E-state index contributed by atoms with van der Waals surface area (Å²) in [7, 11) is -0.105. The summed E-state index contributed by atoms with van der Waals surface area (Å²) in [6.45, 7) is 0. The number of rotatable bonds is 1. The van der Waals surface area contributed by atoms with Gasteiger partial charge in [-0.15, -0.1) is 0 Å². The van der Waals surface area contributed by atoms with Crippen LogP contribution in [0.15, 0.2) is 63.9 Å². The lowest BCUT2D eigenvalue weighted by molar-refractivity contribution is -0.135. The Labute approximate surface area is 130 Å². The molecular weight excluding hydrogens is 298 g/mol. The van der Waals surface area contributed by atoms with Gasteiger partial charge in [-0.05, 0) is 12.1 Å². The minimum Gasteiger partial charge on any atom is -0.465 e. The van der Waals surface area contributed by atoms with Gasteiger partial charge in [0.25, 0.3) is 0 Å². The molecule has 3 rings (SSSR count). The molecule has 0 aliphatic carbocycles. The predicted octanol–water partition coefficient (Wildman–Crippen LogP) is 2.67. The fourth-order valence-corrected chi connectivity index (χ4v) is 3.89. The molecule has 1 aliphatic rings. The van der Waals surface area contributed by atoms with Gasteiger partial charge in [-0.2, -0.15) is 5.26 Å². The van der Waals surface area contributed by atoms with E-state index >= 15 is 0 Å². The highest BCUT2D eigenvalue weighted by atomic mass is 32.2. The lowest BCUT2D eigenvalue weighted by Crippen LogP contribution is -2.13. The number of carbonyl (C=O) groups excluding carboxylic acids is 1. The van der Waals surface area contributed by atoms with Gasteiger partial charge >= 0.3 is 5.97 Å². The number of fused-ring (bicyclic) bond motifs is 2. The van der Waals surface area contributed by atoms with Crippen LogP contribution in [0.3, 0.4) is 0 Å². The van der Waals surface area contributed by atoms with E-state index in [1.807, 2.05) is 6.07 Å². The molecule has 0 radical (unpaired) electrons. The minimum atomic E-state index is -1.34. The number of carbonyl (C=O) groups is 1. The molecule has 0 N–H and O–H groups in total. The van der Waals surface area contributed by atoms with E-state index in [0.717, 1.165) is 0 Å². The number of benzene rings is 2. The molecule has 0 bridgehead atoms. The summed E-state index contributed by atoms with van der Waals surface area (Å²) in [5, 5.41) is 9.41. The number of methoxy groups -OCH3 is 1. The lowest BCUT2D eigenvalue weighted by atomic mass is 9.92. The first kappa shape index (κ1) is 14.2. The third kappa shape index (κ3) is 2.05. The molecule has 1 aliphatic heterocycles. The molecule has 0 amide bonds. The van der Waals surface area contributed by atoms with Crippen molar-refractivity contribution in [3.8, 4) is 6.07 Å². The van der Waals surface area contributed by atoms with E-state index in [9.17, 15) is 14.3 Å². The normalized spacial score (nSPS) is 15.3. The molecule has 2 aromatic carbocycles. The van der Waals surface area contributed by atoms with Crippen LogP contribution in [-0.4, -0.2) is 17.3 Å². The van der Waals surface area contributed by atoms with Crippen molar-refractivity contribution < 1.29 is 13.7 Å². The fourth-order valence-electron chi connectivity index (χ4n) is 2.51. The van der Waals surface area contributed by atoms with E-state index in [1.165, 1.54) is 7.11 Å². The number of nitrogens with zero attached hydrogens (tertiary/aromatic N) is 1. The number of esters is 1. The van der Waals surface area contributed by atoms with Crippen molar-refractivity contribution in [2.45, 2.75) is 9.79 Å². The Bertz CT molecular complexity index is 826. The summed E-state index contributed by atoms with van der Waals surface area (Å²) < 4.78 is 17.4. The summed E-state index contributed by atoms with van der Waals surface area (Å²) in [5.74, 6) is -0.699. The van der Waals surface area contributed by atoms with Gasteiger partial charge in [0.1, 0.15) is 11.6 Å². The third-order valence-corrected chi connectivity index (χ3v) is 4.97. The molecule has 0 fully saturated rings. The molecule has 108 valence electrons. The molecule has 0 aromatic heterocycles. The van der Waals surface area contributed by atoms with Crippen molar-refractivity contribution in [2.24, 2.45) is 0 Å². The van der Waals surface area contributed by atoms with Gasteiger partial charge in [0.2, 0.25) is 0 Å². The zero-order valence-corrected chi connectivity index (χ0v) is 12.5. The third-order valence-electron chi connectivity index (χ3n) is 3.46. The van der Waals surface area contributed by atoms with Gasteiger partial charge in [0, 0.05) is 16.7 Å². The molecule has 1 heterocycles. The van der Waals surface area contributed by atoms with Gasteiger partial charge in [0.15, 0.2) is 0 Å². The standard InChI is InChI=1S/C17H11NO3S/c1-21-17(19)13(10-18)16-11-6-2-4-8-14(11)22(20)15-9-5-3-7-12(15)16/h2-9H,1H3. The molecule has 0 spiro atoms. The highest BCUT2D eigenvalue weighted by Crippen LogP contribution is 2.40. The summed E-state index contributed by atoms with van der Waals surface area (Å²) in [6.07, 6.45) is 0. The van der Waals surface area contributed by atoms with Crippen LogP contribution in [-0.2, 0) is 20.3 Å². The van der Waals surface area contributed by atoms with E-state index in [2.05, 4.69) is 0 Å². The lowest BCUT2D eigenvalue weighted by Gasteiger charge is -2.22. The van der Waals surface area contributed by atoms with E-state index in [4.69, 9.17) is 4.74 Å². The van der Waals surface area contributed by atoms with Crippen molar-refractivity contribution in [2.75, 3.05) is 7.11 Å². The largest absolute Gasteiger partial charge is 0.465 e. The predicted molar refractivity (Wildman–Crippen MR) is 81.2 cm³/mol. The number of ether oxygens (including phenoxy) is 1. The van der Waals surface area contributed by atoms with Crippen LogP contribution in [0.4, 0.5) is 0 Å². The van der Waals surface area contributed by atoms with Gasteiger partial charge in [-0.25, -0.2) is 9.00 Å². The second-order valence-corrected chi connectivity index (χ2v) is 6.03. The van der Waals surface area contributed by atoms with Crippen molar-refractivity contribution in [1.82, 2.24) is 0 Å². The molecule has 2 aromatic rings. The van der Waals surface area contributed by atoms with Gasteiger partial charge in [-0.1, -0.05) is 36.4 Å². The monoisotopic (exact) mass is 309 g/mol. The average Bonchev–Trinajstić information content (AvgIpc) is 2.58. The van der Waals surface area contributed by atoms with Crippen LogP contribution in [0.5, 0.6) is 0 Å². The van der Waals surface area contributed by atoms with Crippen molar-refractivity contribution in [1.29, 1.82) is 5.26 Å². The first-order valence-electron chi connectivity index (χ1n) is 6.52. The Kier molecular flexibility index (Phi) is 3.61. The van der Waals surface area contributed by atoms with Crippen molar-refractivity contribution in [3.05, 3.63) is 65.2 Å². The minimum absolute atomic E-state index is 0.0842. The van der Waals surface area contributed by atoms with E-state index in [0.29, 0.717) is 26.5 Å². The maximum absolute atomic E-state index is 12.7. The van der Waals surface area contributed by atoms with Crippen LogP contribution < -0.4 is 0 Å². The molecule has 0 unspecified atom stereocenters. The maximum atomic E-state index is 12.7. The Hall–Kier alpha value is -2.71. The quantitative estimate of drug-likeness (QED) is 0.394. The van der Waals surface area contributed by atoms with E-state index < -0.39 is 16.8 Å². The zero-order valence-electron chi connectivity index (χ0n) is 11.7. The first-order chi connectivity index (χ1) is 10.7. The van der Waals surface area contributed by atoms with E-state index in [1.54, 1.807) is 48.5 Å². The Balaban J connectivity index is 2.44. The Morgan fingerprint density at radius 2 is 1.55 bits per heavy atom. The highest BCUT2D eigenvalue weighted by Gasteiger charge is 2.30. The first-order valence-corrected chi connectivity index (χ1v) is 7.67. The van der Waals surface area contributed by atoms with Crippen LogP contribution >= 0.6 is 0 Å². The van der Waals surface area contributed by atoms with E-state index in [-0.39, 0.29) is 5.57 Å². The van der Waals surface area contributed by atoms with Crippen LogP contribution in [0.2, 0.25) is 0 Å². The SMILES string of the molecule is COC(=O)C(C#N)=C1c2ccccc2S(=O)c2ccccc21. The Morgan fingerprint density at radius 3 is 2.00 bits per heavy atom. The van der Waals surface area contributed by atoms with Gasteiger partial charge in [-0.3, -0.25) is 0 Å². The molecule has 0 saturated carbocycles. The van der Waals surface area contributed by atoms with Crippen LogP contribution in [0.1, 0.15) is 11.1 Å². The zero-order chi connectivity index (χ0) is 15.7. The van der Waals surface area contributed by atoms with Crippen molar-refractivity contribution >= 4 is 22.3 Å². The van der Waals surface area contributed by atoms with Crippen LogP contribution in [0, 0.1) is 11.3 Å². The molecule has 22 heavy (non-hydrogen) atoms. The second kappa shape index (κ2) is 5.58. The summed E-state index contributed by atoms with van der Waals surface area (Å²) in [5.41, 5.74) is 1.64. The average molecular weight is 309 g/mol. The highest BCUT2D eigenvalue weighted by molar-refractivity contribution is 7.85. The summed E-state index contributed by atoms with van der Waals surface area (Å²) in [6, 6.07) is 16.1. The van der Waals surface area contributed by atoms with Crippen molar-refractivity contribution in [3.63, 3.8) is 0 Å². The molecule has 0 saturated heterocycles. The molecule has 4 nitrogen and oxygen atoms in total. The smallest absolute Gasteiger partial charge is 0.349 e. The topological polar surface area (TPSA) is 67.2 Å². The number of hydrogen-bond acceptors (Lipinski definition) is 4. The molecule has 0 atom stereocenters. The maximum Gasteiger partial charge on any atom is 0.349 e. The van der Waals surface area contributed by atoms with Crippen LogP contribution in [0.25, 0.3) is 5.57 Å². The second-order valence-electron chi connectivity index (χ2n) is 4.61. The Morgan fingerprint density at radius 1 is 1.05 bits per heavy atom. The van der Waals surface area contributed by atoms with Gasteiger partial charge in [0.05, 0.1) is 27.7 Å². The summed E-state index contributed by atoms with van der Waals surface area (Å²) >= 11 is 0.